The summed E-state index contributed by atoms with van der Waals surface area (Å²) in [5.41, 5.74) is 0. The Hall–Kier alpha value is -0.650. The van der Waals surface area contributed by atoms with Gasteiger partial charge in [-0.3, -0.25) is 4.79 Å². The molecule has 0 fully saturated rings. The van der Waals surface area contributed by atoms with E-state index < -0.39 is 0 Å². The summed E-state index contributed by atoms with van der Waals surface area (Å²) in [6.45, 7) is 2.41. The summed E-state index contributed by atoms with van der Waals surface area (Å²) in [4.78, 5) is 13.4. The van der Waals surface area contributed by atoms with Gasteiger partial charge >= 0.3 is 5.97 Å². The van der Waals surface area contributed by atoms with E-state index >= 15 is 0 Å². The van der Waals surface area contributed by atoms with Gasteiger partial charge in [0.05, 0.1) is 13.7 Å². The van der Waals surface area contributed by atoms with Gasteiger partial charge in [0.2, 0.25) is 0 Å². The van der Waals surface area contributed by atoms with Crippen LogP contribution in [0.4, 0.5) is 0 Å². The topological polar surface area (TPSA) is 50.8 Å². The first-order valence-electron chi connectivity index (χ1n) is 5.08. The van der Waals surface area contributed by atoms with Crippen LogP contribution in [0, 0.1) is 0 Å². The normalized spacial score (nSPS) is 12.9. The number of ether oxygens (including phenoxy) is 2. The van der Waals surface area contributed by atoms with E-state index in [1.54, 1.807) is 14.2 Å². The van der Waals surface area contributed by atoms with Crippen LogP contribution >= 0.6 is 0 Å². The van der Waals surface area contributed by atoms with Gasteiger partial charge in [0.15, 0.2) is 0 Å². The number of esters is 1. The lowest BCUT2D eigenvalue weighted by molar-refractivity contribution is -0.143. The molecule has 0 spiro atoms. The van der Waals surface area contributed by atoms with Crippen molar-refractivity contribution in [1.29, 1.82) is 0 Å². The molecule has 0 aliphatic heterocycles. The first kappa shape index (κ1) is 14.3. The second-order valence-electron chi connectivity index (χ2n) is 3.45. The SMILES string of the molecule is CNC(CCN(C)CCOC)C(=O)OC. The van der Waals surface area contributed by atoms with Gasteiger partial charge in [0.25, 0.3) is 0 Å². The van der Waals surface area contributed by atoms with Crippen LogP contribution in [0.3, 0.4) is 0 Å². The molecular weight excluding hydrogens is 196 g/mol. The predicted molar refractivity (Wildman–Crippen MR) is 58.9 cm³/mol. The zero-order valence-corrected chi connectivity index (χ0v) is 10.1. The van der Waals surface area contributed by atoms with E-state index in [-0.39, 0.29) is 12.0 Å². The molecule has 0 radical (unpaired) electrons. The Morgan fingerprint density at radius 1 is 1.40 bits per heavy atom. The number of likely N-dealkylation sites (N-methyl/N-ethyl adjacent to an activating group) is 2. The van der Waals surface area contributed by atoms with Crippen molar-refractivity contribution in [2.45, 2.75) is 12.5 Å². The fourth-order valence-corrected chi connectivity index (χ4v) is 1.23. The second-order valence-corrected chi connectivity index (χ2v) is 3.45. The third-order valence-electron chi connectivity index (χ3n) is 2.31. The van der Waals surface area contributed by atoms with Crippen LogP contribution in [0.1, 0.15) is 6.42 Å². The number of hydrogen-bond acceptors (Lipinski definition) is 5. The summed E-state index contributed by atoms with van der Waals surface area (Å²) in [6, 6.07) is -0.222. The van der Waals surface area contributed by atoms with E-state index in [1.807, 2.05) is 7.05 Å². The van der Waals surface area contributed by atoms with Crippen LogP contribution in [-0.2, 0) is 14.3 Å². The smallest absolute Gasteiger partial charge is 0.322 e. The Morgan fingerprint density at radius 3 is 2.53 bits per heavy atom. The highest BCUT2D eigenvalue weighted by Crippen LogP contribution is 1.96. The fraction of sp³-hybridized carbons (Fsp3) is 0.900. The third-order valence-corrected chi connectivity index (χ3v) is 2.31. The average Bonchev–Trinajstić information content (AvgIpc) is 2.26. The van der Waals surface area contributed by atoms with Gasteiger partial charge < -0.3 is 19.7 Å². The second kappa shape index (κ2) is 8.64. The number of methoxy groups -OCH3 is 2. The minimum atomic E-state index is -0.222. The molecule has 15 heavy (non-hydrogen) atoms. The van der Waals surface area contributed by atoms with Gasteiger partial charge in [-0.05, 0) is 27.1 Å². The van der Waals surface area contributed by atoms with E-state index in [0.29, 0.717) is 6.61 Å². The van der Waals surface area contributed by atoms with Crippen LogP contribution in [0.15, 0.2) is 0 Å². The monoisotopic (exact) mass is 218 g/mol. The lowest BCUT2D eigenvalue weighted by Gasteiger charge is -2.19. The molecule has 0 rings (SSSR count). The van der Waals surface area contributed by atoms with E-state index in [4.69, 9.17) is 4.74 Å². The molecule has 0 aliphatic rings. The van der Waals surface area contributed by atoms with Crippen LogP contribution in [0.25, 0.3) is 0 Å². The molecule has 1 atom stereocenters. The summed E-state index contributed by atoms with van der Waals surface area (Å²) >= 11 is 0. The van der Waals surface area contributed by atoms with Crippen LogP contribution in [-0.4, -0.2) is 64.9 Å². The van der Waals surface area contributed by atoms with E-state index in [1.165, 1.54) is 7.11 Å². The molecule has 1 unspecified atom stereocenters. The molecule has 0 amide bonds. The highest BCUT2D eigenvalue weighted by atomic mass is 16.5. The van der Waals surface area contributed by atoms with Crippen molar-refractivity contribution in [1.82, 2.24) is 10.2 Å². The number of hydrogen-bond donors (Lipinski definition) is 1. The predicted octanol–water partition coefficient (Wildman–Crippen LogP) is -0.284. The third kappa shape index (κ3) is 6.43. The summed E-state index contributed by atoms with van der Waals surface area (Å²) in [5, 5.41) is 2.93. The van der Waals surface area contributed by atoms with Gasteiger partial charge in [-0.1, -0.05) is 0 Å². The molecule has 90 valence electrons. The summed E-state index contributed by atoms with van der Waals surface area (Å²) in [7, 11) is 6.85. The van der Waals surface area contributed by atoms with Gasteiger partial charge in [0, 0.05) is 13.7 Å². The zero-order valence-electron chi connectivity index (χ0n) is 10.1. The zero-order chi connectivity index (χ0) is 11.7. The molecule has 0 aromatic carbocycles. The molecule has 5 nitrogen and oxygen atoms in total. The van der Waals surface area contributed by atoms with Crippen molar-refractivity contribution in [3.63, 3.8) is 0 Å². The minimum absolute atomic E-state index is 0.211. The minimum Gasteiger partial charge on any atom is -0.468 e. The first-order chi connectivity index (χ1) is 7.15. The van der Waals surface area contributed by atoms with Gasteiger partial charge in [-0.15, -0.1) is 0 Å². The summed E-state index contributed by atoms with van der Waals surface area (Å²) in [6.07, 6.45) is 0.739. The van der Waals surface area contributed by atoms with E-state index in [9.17, 15) is 4.79 Å². The largest absolute Gasteiger partial charge is 0.468 e. The fourth-order valence-electron chi connectivity index (χ4n) is 1.23. The van der Waals surface area contributed by atoms with Gasteiger partial charge in [0.1, 0.15) is 6.04 Å². The maximum absolute atomic E-state index is 11.2. The Balaban J connectivity index is 3.74. The molecule has 5 heteroatoms. The van der Waals surface area contributed by atoms with Crippen molar-refractivity contribution in [2.75, 3.05) is 48.0 Å². The average molecular weight is 218 g/mol. The van der Waals surface area contributed by atoms with Crippen molar-refractivity contribution in [2.24, 2.45) is 0 Å². The maximum Gasteiger partial charge on any atom is 0.322 e. The molecule has 1 N–H and O–H groups in total. The summed E-state index contributed by atoms with van der Waals surface area (Å²) < 4.78 is 9.64. The number of rotatable bonds is 8. The molecular formula is C10H22N2O3. The molecule has 0 saturated carbocycles. The Bertz CT molecular complexity index is 176. The van der Waals surface area contributed by atoms with Crippen LogP contribution in [0.5, 0.6) is 0 Å². The lowest BCUT2D eigenvalue weighted by atomic mass is 10.2. The lowest BCUT2D eigenvalue weighted by Crippen LogP contribution is -2.38. The highest BCUT2D eigenvalue weighted by molar-refractivity contribution is 5.75. The maximum atomic E-state index is 11.2. The van der Waals surface area contributed by atoms with Crippen LogP contribution in [0.2, 0.25) is 0 Å². The Labute approximate surface area is 91.7 Å². The molecule has 0 saturated heterocycles. The number of nitrogens with zero attached hydrogens (tertiary/aromatic N) is 1. The number of carbonyl (C=O) groups is 1. The van der Waals surface area contributed by atoms with Crippen molar-refractivity contribution >= 4 is 5.97 Å². The molecule has 0 bridgehead atoms. The molecule has 0 aromatic heterocycles. The number of nitrogens with one attached hydrogen (secondary N) is 1. The Morgan fingerprint density at radius 2 is 2.07 bits per heavy atom. The quantitative estimate of drug-likeness (QED) is 0.568. The van der Waals surface area contributed by atoms with Gasteiger partial charge in [-0.2, -0.15) is 0 Å². The van der Waals surface area contributed by atoms with Gasteiger partial charge in [-0.25, -0.2) is 0 Å². The molecule has 0 heterocycles. The molecule has 0 aliphatic carbocycles. The first-order valence-corrected chi connectivity index (χ1v) is 5.08. The van der Waals surface area contributed by atoms with E-state index in [0.717, 1.165) is 19.5 Å². The van der Waals surface area contributed by atoms with Crippen LogP contribution < -0.4 is 5.32 Å². The summed E-state index contributed by atoms with van der Waals surface area (Å²) in [5.74, 6) is -0.211. The van der Waals surface area contributed by atoms with Crippen molar-refractivity contribution in [3.05, 3.63) is 0 Å². The highest BCUT2D eigenvalue weighted by Gasteiger charge is 2.16. The van der Waals surface area contributed by atoms with Crippen molar-refractivity contribution in [3.8, 4) is 0 Å². The van der Waals surface area contributed by atoms with E-state index in [2.05, 4.69) is 15.0 Å². The molecule has 0 aromatic rings. The number of carbonyl (C=O) groups excluding carboxylic acids is 1. The standard InChI is InChI=1S/C10H22N2O3/c1-11-9(10(13)15-4)5-6-12(2)7-8-14-3/h9,11H,5-8H2,1-4H3. The van der Waals surface area contributed by atoms with Crippen molar-refractivity contribution < 1.29 is 14.3 Å². The Kier molecular flexibility index (Phi) is 8.27.